The van der Waals surface area contributed by atoms with Gasteiger partial charge in [-0.2, -0.15) is 0 Å². The van der Waals surface area contributed by atoms with Crippen molar-refractivity contribution < 1.29 is 14.7 Å². The van der Waals surface area contributed by atoms with Gasteiger partial charge in [-0.3, -0.25) is 4.79 Å². The minimum atomic E-state index is -0.935. The van der Waals surface area contributed by atoms with Gasteiger partial charge in [0, 0.05) is 5.57 Å². The molecular formula is C6H12N2O3. The van der Waals surface area contributed by atoms with Crippen molar-refractivity contribution >= 4 is 11.9 Å². The van der Waals surface area contributed by atoms with Crippen LogP contribution >= 0.6 is 0 Å². The molecule has 0 aromatic heterocycles. The Kier molecular flexibility index (Phi) is 7.57. The highest BCUT2D eigenvalue weighted by atomic mass is 16.4. The van der Waals surface area contributed by atoms with E-state index in [0.717, 1.165) is 0 Å². The van der Waals surface area contributed by atoms with Gasteiger partial charge in [0.15, 0.2) is 0 Å². The standard InChI is InChI=1S/C4H6O2.C2H6N2O/c1-3(2)4(5)6;3-1-2(4)5/h1H2,2H3,(H,5,6);1,3H2,(H2,4,5). The third-order valence-electron chi connectivity index (χ3n) is 0.566. The van der Waals surface area contributed by atoms with E-state index in [0.29, 0.717) is 0 Å². The zero-order valence-corrected chi connectivity index (χ0v) is 6.33. The molecular weight excluding hydrogens is 148 g/mol. The molecule has 0 saturated heterocycles. The van der Waals surface area contributed by atoms with Gasteiger partial charge in [-0.05, 0) is 6.92 Å². The molecule has 0 radical (unpaired) electrons. The Balaban J connectivity index is 0. The fourth-order valence-electron chi connectivity index (χ4n) is 0. The molecule has 0 unspecified atom stereocenters. The number of nitrogens with two attached hydrogens (primary N) is 2. The Bertz CT molecular complexity index is 153. The smallest absolute Gasteiger partial charge is 0.330 e. The number of aliphatic carboxylic acids is 1. The highest BCUT2D eigenvalue weighted by molar-refractivity contribution is 5.84. The number of carboxylic acids is 1. The monoisotopic (exact) mass is 160 g/mol. The summed E-state index contributed by atoms with van der Waals surface area (Å²) in [6.45, 7) is 4.55. The first kappa shape index (κ1) is 12.3. The number of amides is 1. The molecule has 0 atom stereocenters. The summed E-state index contributed by atoms with van der Waals surface area (Å²) >= 11 is 0. The molecule has 0 aromatic rings. The third-order valence-corrected chi connectivity index (χ3v) is 0.566. The van der Waals surface area contributed by atoms with Crippen molar-refractivity contribution in [3.05, 3.63) is 12.2 Å². The van der Waals surface area contributed by atoms with Crippen molar-refractivity contribution in [1.29, 1.82) is 0 Å². The van der Waals surface area contributed by atoms with Crippen molar-refractivity contribution in [2.24, 2.45) is 11.5 Å². The normalized spacial score (nSPS) is 7.45. The average Bonchev–Trinajstić information content (AvgIpc) is 1.89. The van der Waals surface area contributed by atoms with Crippen molar-refractivity contribution in [3.8, 4) is 0 Å². The Morgan fingerprint density at radius 3 is 1.73 bits per heavy atom. The van der Waals surface area contributed by atoms with Crippen LogP contribution in [0.2, 0.25) is 0 Å². The Labute approximate surface area is 64.7 Å². The second kappa shape index (κ2) is 6.76. The van der Waals surface area contributed by atoms with Crippen molar-refractivity contribution in [2.45, 2.75) is 6.92 Å². The largest absolute Gasteiger partial charge is 0.478 e. The Morgan fingerprint density at radius 2 is 1.73 bits per heavy atom. The molecule has 5 N–H and O–H groups in total. The maximum atomic E-state index is 9.60. The molecule has 0 spiro atoms. The lowest BCUT2D eigenvalue weighted by Gasteiger charge is -1.79. The average molecular weight is 160 g/mol. The fourth-order valence-corrected chi connectivity index (χ4v) is 0. The molecule has 5 nitrogen and oxygen atoms in total. The van der Waals surface area contributed by atoms with Gasteiger partial charge in [-0.1, -0.05) is 6.58 Å². The van der Waals surface area contributed by atoms with Gasteiger partial charge in [0.05, 0.1) is 6.54 Å². The summed E-state index contributed by atoms with van der Waals surface area (Å²) in [5.41, 5.74) is 9.40. The SMILES string of the molecule is C=C(C)C(=O)O.NCC(N)=O. The number of hydrogen-bond donors (Lipinski definition) is 3. The van der Waals surface area contributed by atoms with E-state index >= 15 is 0 Å². The predicted octanol–water partition coefficient (Wildman–Crippen LogP) is -0.922. The van der Waals surface area contributed by atoms with Gasteiger partial charge in [0.1, 0.15) is 0 Å². The first-order chi connectivity index (χ1) is 4.91. The van der Waals surface area contributed by atoms with E-state index < -0.39 is 11.9 Å². The molecule has 0 aliphatic rings. The second-order valence-electron chi connectivity index (χ2n) is 1.76. The molecule has 0 saturated carbocycles. The van der Waals surface area contributed by atoms with Gasteiger partial charge in [0.2, 0.25) is 5.91 Å². The lowest BCUT2D eigenvalue weighted by Crippen LogP contribution is -2.21. The lowest BCUT2D eigenvalue weighted by molar-refractivity contribution is -0.132. The van der Waals surface area contributed by atoms with E-state index in [1.54, 1.807) is 0 Å². The highest BCUT2D eigenvalue weighted by Gasteiger charge is 1.90. The summed E-state index contributed by atoms with van der Waals surface area (Å²) in [7, 11) is 0. The molecule has 0 heterocycles. The van der Waals surface area contributed by atoms with Crippen molar-refractivity contribution in [2.75, 3.05) is 6.54 Å². The maximum Gasteiger partial charge on any atom is 0.330 e. The zero-order valence-electron chi connectivity index (χ0n) is 6.33. The molecule has 1 amide bonds. The predicted molar refractivity (Wildman–Crippen MR) is 40.7 cm³/mol. The van der Waals surface area contributed by atoms with E-state index in [2.05, 4.69) is 12.3 Å². The quantitative estimate of drug-likeness (QED) is 0.454. The van der Waals surface area contributed by atoms with Crippen molar-refractivity contribution in [1.82, 2.24) is 0 Å². The van der Waals surface area contributed by atoms with Gasteiger partial charge in [-0.15, -0.1) is 0 Å². The van der Waals surface area contributed by atoms with E-state index in [1.165, 1.54) is 6.92 Å². The summed E-state index contributed by atoms with van der Waals surface area (Å²) < 4.78 is 0. The molecule has 0 aliphatic heterocycles. The van der Waals surface area contributed by atoms with Gasteiger partial charge >= 0.3 is 5.97 Å². The van der Waals surface area contributed by atoms with Crippen LogP contribution in [0.15, 0.2) is 12.2 Å². The molecule has 0 rings (SSSR count). The van der Waals surface area contributed by atoms with Crippen LogP contribution in [0.25, 0.3) is 0 Å². The van der Waals surface area contributed by atoms with Crippen LogP contribution in [0.4, 0.5) is 0 Å². The number of carbonyl (C=O) groups excluding carboxylic acids is 1. The van der Waals surface area contributed by atoms with Crippen LogP contribution in [0.1, 0.15) is 6.92 Å². The van der Waals surface area contributed by atoms with E-state index in [1.807, 2.05) is 0 Å². The number of carbonyl (C=O) groups is 2. The van der Waals surface area contributed by atoms with Gasteiger partial charge in [0.25, 0.3) is 0 Å². The lowest BCUT2D eigenvalue weighted by atomic mass is 10.4. The van der Waals surface area contributed by atoms with Crippen LogP contribution in [0, 0.1) is 0 Å². The maximum absolute atomic E-state index is 9.60. The molecule has 64 valence electrons. The second-order valence-corrected chi connectivity index (χ2v) is 1.76. The molecule has 0 bridgehead atoms. The van der Waals surface area contributed by atoms with Crippen LogP contribution in [-0.2, 0) is 9.59 Å². The molecule has 0 aliphatic carbocycles. The first-order valence-electron chi connectivity index (χ1n) is 2.79. The Hall–Kier alpha value is -1.36. The molecule has 0 fully saturated rings. The zero-order chi connectivity index (χ0) is 9.44. The minimum absolute atomic E-state index is 0.0556. The summed E-state index contributed by atoms with van der Waals surface area (Å²) in [4.78, 5) is 19.1. The van der Waals surface area contributed by atoms with Gasteiger partial charge in [-0.25, -0.2) is 4.79 Å². The first-order valence-corrected chi connectivity index (χ1v) is 2.79. The van der Waals surface area contributed by atoms with Crippen LogP contribution in [0.5, 0.6) is 0 Å². The van der Waals surface area contributed by atoms with Crippen LogP contribution in [0.3, 0.4) is 0 Å². The molecule has 5 heteroatoms. The van der Waals surface area contributed by atoms with E-state index in [-0.39, 0.29) is 12.1 Å². The van der Waals surface area contributed by atoms with E-state index in [9.17, 15) is 9.59 Å². The summed E-state index contributed by atoms with van der Waals surface area (Å²) in [6.07, 6.45) is 0. The molecule has 0 aromatic carbocycles. The Morgan fingerprint density at radius 1 is 1.55 bits per heavy atom. The number of hydrogen-bond acceptors (Lipinski definition) is 3. The fraction of sp³-hybridized carbons (Fsp3) is 0.333. The number of carboxylic acid groups (broad SMARTS) is 1. The van der Waals surface area contributed by atoms with Crippen molar-refractivity contribution in [3.63, 3.8) is 0 Å². The summed E-state index contributed by atoms with van der Waals surface area (Å²) in [5.74, 6) is -1.40. The topological polar surface area (TPSA) is 106 Å². The number of rotatable bonds is 2. The highest BCUT2D eigenvalue weighted by Crippen LogP contribution is 1.81. The van der Waals surface area contributed by atoms with Crippen LogP contribution < -0.4 is 11.5 Å². The third kappa shape index (κ3) is 17.7. The minimum Gasteiger partial charge on any atom is -0.478 e. The van der Waals surface area contributed by atoms with Crippen LogP contribution in [-0.4, -0.2) is 23.5 Å². The number of primary amides is 1. The summed E-state index contributed by atoms with van der Waals surface area (Å²) in [5, 5.41) is 7.89. The van der Waals surface area contributed by atoms with Gasteiger partial charge < -0.3 is 16.6 Å². The molecule has 11 heavy (non-hydrogen) atoms. The van der Waals surface area contributed by atoms with E-state index in [4.69, 9.17) is 10.8 Å². The summed E-state index contributed by atoms with van der Waals surface area (Å²) in [6, 6.07) is 0.